The normalized spacial score (nSPS) is 10.4. The largest absolute Gasteiger partial charge is 0.492 e. The molecule has 2 aromatic carbocycles. The quantitative estimate of drug-likeness (QED) is 0.808. The van der Waals surface area contributed by atoms with Crippen molar-refractivity contribution in [2.24, 2.45) is 0 Å². The first-order chi connectivity index (χ1) is 9.24. The monoisotopic (exact) mass is 295 g/mol. The average molecular weight is 296 g/mol. The Morgan fingerprint density at radius 3 is 2.32 bits per heavy atom. The summed E-state index contributed by atoms with van der Waals surface area (Å²) in [5.41, 5.74) is 1.26. The van der Waals surface area contributed by atoms with Gasteiger partial charge in [0.2, 0.25) is 0 Å². The predicted molar refractivity (Wildman–Crippen MR) is 80.1 cm³/mol. The van der Waals surface area contributed by atoms with Gasteiger partial charge in [-0.3, -0.25) is 0 Å². The van der Waals surface area contributed by atoms with Crippen molar-refractivity contribution in [2.45, 2.75) is 6.54 Å². The standard InChI is InChI=1S/C15H15Cl2NO/c16-13-8-14(17)10-15(9-13)19-7-6-18-11-12-4-2-1-3-5-12/h1-5,8-10,18H,6-7,11H2. The van der Waals surface area contributed by atoms with Gasteiger partial charge in [0.15, 0.2) is 0 Å². The summed E-state index contributed by atoms with van der Waals surface area (Å²) < 4.78 is 5.57. The van der Waals surface area contributed by atoms with Gasteiger partial charge in [-0.1, -0.05) is 53.5 Å². The topological polar surface area (TPSA) is 21.3 Å². The summed E-state index contributed by atoms with van der Waals surface area (Å²) in [7, 11) is 0. The van der Waals surface area contributed by atoms with E-state index in [2.05, 4.69) is 17.4 Å². The summed E-state index contributed by atoms with van der Waals surface area (Å²) in [5.74, 6) is 0.694. The van der Waals surface area contributed by atoms with Crippen molar-refractivity contribution in [3.63, 3.8) is 0 Å². The van der Waals surface area contributed by atoms with Crippen molar-refractivity contribution in [2.75, 3.05) is 13.2 Å². The zero-order chi connectivity index (χ0) is 13.5. The van der Waals surface area contributed by atoms with E-state index in [1.54, 1.807) is 18.2 Å². The van der Waals surface area contributed by atoms with E-state index in [1.807, 2.05) is 18.2 Å². The minimum Gasteiger partial charge on any atom is -0.492 e. The third-order valence-corrected chi connectivity index (χ3v) is 2.99. The molecule has 0 atom stereocenters. The summed E-state index contributed by atoms with van der Waals surface area (Å²) in [6, 6.07) is 15.4. The van der Waals surface area contributed by atoms with Crippen LogP contribution in [0.2, 0.25) is 10.0 Å². The molecule has 100 valence electrons. The Kier molecular flexibility index (Phi) is 5.52. The second-order valence-corrected chi connectivity index (χ2v) is 4.99. The van der Waals surface area contributed by atoms with Crippen molar-refractivity contribution < 1.29 is 4.74 Å². The average Bonchev–Trinajstić information content (AvgIpc) is 2.38. The maximum absolute atomic E-state index is 5.89. The van der Waals surface area contributed by atoms with E-state index in [4.69, 9.17) is 27.9 Å². The molecule has 0 aromatic heterocycles. The van der Waals surface area contributed by atoms with Crippen LogP contribution in [0.5, 0.6) is 5.75 Å². The molecule has 2 nitrogen and oxygen atoms in total. The number of hydrogen-bond acceptors (Lipinski definition) is 2. The molecule has 0 saturated heterocycles. The van der Waals surface area contributed by atoms with Crippen molar-refractivity contribution in [1.82, 2.24) is 5.32 Å². The van der Waals surface area contributed by atoms with Gasteiger partial charge in [0.05, 0.1) is 0 Å². The fourth-order valence-electron chi connectivity index (χ4n) is 1.68. The zero-order valence-electron chi connectivity index (χ0n) is 10.4. The van der Waals surface area contributed by atoms with Gasteiger partial charge in [0, 0.05) is 23.1 Å². The van der Waals surface area contributed by atoms with E-state index < -0.39 is 0 Å². The van der Waals surface area contributed by atoms with Gasteiger partial charge in [-0.25, -0.2) is 0 Å². The van der Waals surface area contributed by atoms with E-state index in [-0.39, 0.29) is 0 Å². The van der Waals surface area contributed by atoms with E-state index in [9.17, 15) is 0 Å². The fraction of sp³-hybridized carbons (Fsp3) is 0.200. The molecule has 0 heterocycles. The van der Waals surface area contributed by atoms with Gasteiger partial charge in [-0.2, -0.15) is 0 Å². The molecule has 0 saturated carbocycles. The second-order valence-electron chi connectivity index (χ2n) is 4.12. The number of halogens is 2. The van der Waals surface area contributed by atoms with Crippen LogP contribution in [0.25, 0.3) is 0 Å². The molecule has 0 spiro atoms. The van der Waals surface area contributed by atoms with E-state index in [0.717, 1.165) is 13.1 Å². The zero-order valence-corrected chi connectivity index (χ0v) is 11.9. The number of benzene rings is 2. The van der Waals surface area contributed by atoms with Crippen LogP contribution in [-0.2, 0) is 6.54 Å². The number of nitrogens with one attached hydrogen (secondary N) is 1. The molecule has 0 bridgehead atoms. The molecule has 2 rings (SSSR count). The minimum absolute atomic E-state index is 0.573. The Morgan fingerprint density at radius 2 is 1.63 bits per heavy atom. The van der Waals surface area contributed by atoms with Crippen LogP contribution in [0.15, 0.2) is 48.5 Å². The highest BCUT2D eigenvalue weighted by Gasteiger charge is 1.99. The van der Waals surface area contributed by atoms with Crippen molar-refractivity contribution in [3.8, 4) is 5.75 Å². The third kappa shape index (κ3) is 5.11. The highest BCUT2D eigenvalue weighted by Crippen LogP contribution is 2.23. The van der Waals surface area contributed by atoms with Crippen LogP contribution >= 0.6 is 23.2 Å². The smallest absolute Gasteiger partial charge is 0.122 e. The Morgan fingerprint density at radius 1 is 0.947 bits per heavy atom. The van der Waals surface area contributed by atoms with E-state index in [1.165, 1.54) is 5.56 Å². The highest BCUT2D eigenvalue weighted by molar-refractivity contribution is 6.34. The molecule has 19 heavy (non-hydrogen) atoms. The molecular formula is C15H15Cl2NO. The molecule has 2 aromatic rings. The van der Waals surface area contributed by atoms with Gasteiger partial charge in [-0.05, 0) is 23.8 Å². The first-order valence-electron chi connectivity index (χ1n) is 6.07. The number of hydrogen-bond donors (Lipinski definition) is 1. The second kappa shape index (κ2) is 7.39. The van der Waals surface area contributed by atoms with Crippen molar-refractivity contribution >= 4 is 23.2 Å². The van der Waals surface area contributed by atoms with Crippen LogP contribution in [-0.4, -0.2) is 13.2 Å². The van der Waals surface area contributed by atoms with E-state index >= 15 is 0 Å². The van der Waals surface area contributed by atoms with Crippen LogP contribution in [0.3, 0.4) is 0 Å². The predicted octanol–water partition coefficient (Wildman–Crippen LogP) is 4.16. The maximum atomic E-state index is 5.89. The first kappa shape index (κ1) is 14.2. The van der Waals surface area contributed by atoms with Gasteiger partial charge < -0.3 is 10.1 Å². The van der Waals surface area contributed by atoms with Crippen LogP contribution < -0.4 is 10.1 Å². The summed E-state index contributed by atoms with van der Waals surface area (Å²) >= 11 is 11.8. The Labute approximate surface area is 123 Å². The van der Waals surface area contributed by atoms with Crippen LogP contribution in [0, 0.1) is 0 Å². The molecule has 0 aliphatic carbocycles. The van der Waals surface area contributed by atoms with Crippen LogP contribution in [0.4, 0.5) is 0 Å². The Hall–Kier alpha value is -1.22. The van der Waals surface area contributed by atoms with E-state index in [0.29, 0.717) is 22.4 Å². The van der Waals surface area contributed by atoms with Gasteiger partial charge >= 0.3 is 0 Å². The lowest BCUT2D eigenvalue weighted by atomic mass is 10.2. The maximum Gasteiger partial charge on any atom is 0.122 e. The lowest BCUT2D eigenvalue weighted by molar-refractivity contribution is 0.313. The number of rotatable bonds is 6. The molecule has 0 aliphatic rings. The first-order valence-corrected chi connectivity index (χ1v) is 6.83. The molecule has 4 heteroatoms. The minimum atomic E-state index is 0.573. The molecule has 0 aliphatic heterocycles. The lowest BCUT2D eigenvalue weighted by Gasteiger charge is -2.08. The molecule has 0 fully saturated rings. The fourth-order valence-corrected chi connectivity index (χ4v) is 2.19. The Balaban J connectivity index is 1.69. The summed E-state index contributed by atoms with van der Waals surface area (Å²) in [6.07, 6.45) is 0. The van der Waals surface area contributed by atoms with Crippen molar-refractivity contribution in [1.29, 1.82) is 0 Å². The summed E-state index contributed by atoms with van der Waals surface area (Å²) in [6.45, 7) is 2.17. The van der Waals surface area contributed by atoms with Gasteiger partial charge in [-0.15, -0.1) is 0 Å². The summed E-state index contributed by atoms with van der Waals surface area (Å²) in [5, 5.41) is 4.48. The molecule has 1 N–H and O–H groups in total. The third-order valence-electron chi connectivity index (χ3n) is 2.56. The SMILES string of the molecule is Clc1cc(Cl)cc(OCCNCc2ccccc2)c1. The molecule has 0 radical (unpaired) electrons. The summed E-state index contributed by atoms with van der Waals surface area (Å²) in [4.78, 5) is 0. The molecule has 0 amide bonds. The lowest BCUT2D eigenvalue weighted by Crippen LogP contribution is -2.20. The molecule has 0 unspecified atom stereocenters. The van der Waals surface area contributed by atoms with Crippen LogP contribution in [0.1, 0.15) is 5.56 Å². The number of ether oxygens (including phenoxy) is 1. The van der Waals surface area contributed by atoms with Gasteiger partial charge in [0.25, 0.3) is 0 Å². The van der Waals surface area contributed by atoms with Crippen molar-refractivity contribution in [3.05, 3.63) is 64.1 Å². The van der Waals surface area contributed by atoms with Gasteiger partial charge in [0.1, 0.15) is 12.4 Å². The Bertz CT molecular complexity index is 497. The molecular weight excluding hydrogens is 281 g/mol. The highest BCUT2D eigenvalue weighted by atomic mass is 35.5.